The summed E-state index contributed by atoms with van der Waals surface area (Å²) in [5.41, 5.74) is 6.62. The van der Waals surface area contributed by atoms with E-state index >= 15 is 0 Å². The molecule has 0 spiro atoms. The summed E-state index contributed by atoms with van der Waals surface area (Å²) in [6.07, 6.45) is -0.332. The summed E-state index contributed by atoms with van der Waals surface area (Å²) >= 11 is 0. The number of ether oxygens (including phenoxy) is 2. The molecule has 1 unspecified atom stereocenters. The van der Waals surface area contributed by atoms with E-state index in [0.717, 1.165) is 11.3 Å². The van der Waals surface area contributed by atoms with Crippen LogP contribution in [0.15, 0.2) is 48.5 Å². The van der Waals surface area contributed by atoms with Crippen molar-refractivity contribution in [2.75, 3.05) is 13.7 Å². The topological polar surface area (TPSA) is 44.5 Å². The lowest BCUT2D eigenvalue weighted by atomic mass is 10.1. The lowest BCUT2D eigenvalue weighted by molar-refractivity contribution is 0.208. The molecule has 0 aromatic heterocycles. The molecule has 0 saturated carbocycles. The summed E-state index contributed by atoms with van der Waals surface area (Å²) in [7, 11) is 1.60. The van der Waals surface area contributed by atoms with E-state index in [1.807, 2.05) is 24.3 Å². The van der Waals surface area contributed by atoms with Crippen LogP contribution in [0, 0.1) is 5.82 Å². The maximum atomic E-state index is 12.8. The van der Waals surface area contributed by atoms with Gasteiger partial charge < -0.3 is 15.2 Å². The molecule has 3 nitrogen and oxygen atoms in total. The molecule has 2 aromatic carbocycles. The van der Waals surface area contributed by atoms with Gasteiger partial charge in [0.15, 0.2) is 0 Å². The first kappa shape index (κ1) is 13.4. The van der Waals surface area contributed by atoms with Gasteiger partial charge in [0.1, 0.15) is 23.4 Å². The van der Waals surface area contributed by atoms with Gasteiger partial charge in [0.25, 0.3) is 0 Å². The summed E-state index contributed by atoms with van der Waals surface area (Å²) < 4.78 is 23.9. The highest BCUT2D eigenvalue weighted by Crippen LogP contribution is 2.28. The van der Waals surface area contributed by atoms with Crippen LogP contribution < -0.4 is 15.2 Å². The summed E-state index contributed by atoms with van der Waals surface area (Å²) in [5, 5.41) is 0. The molecule has 2 N–H and O–H groups in total. The zero-order valence-electron chi connectivity index (χ0n) is 10.7. The summed E-state index contributed by atoms with van der Waals surface area (Å²) in [4.78, 5) is 0. The van der Waals surface area contributed by atoms with Gasteiger partial charge in [-0.15, -0.1) is 0 Å². The predicted octanol–water partition coefficient (Wildman–Crippen LogP) is 2.91. The molecule has 19 heavy (non-hydrogen) atoms. The van der Waals surface area contributed by atoms with E-state index in [1.165, 1.54) is 12.1 Å². The van der Waals surface area contributed by atoms with Gasteiger partial charge in [-0.2, -0.15) is 0 Å². The van der Waals surface area contributed by atoms with Crippen LogP contribution >= 0.6 is 0 Å². The Kier molecular flexibility index (Phi) is 4.36. The first-order valence-electron chi connectivity index (χ1n) is 6.00. The first-order chi connectivity index (χ1) is 9.24. The number of rotatable bonds is 5. The lowest BCUT2D eigenvalue weighted by Crippen LogP contribution is -2.19. The standard InChI is InChI=1S/C15H16FNO2/c1-18-14-5-3-2-4-13(14)15(10-17)19-12-8-6-11(16)7-9-12/h2-9,15H,10,17H2,1H3. The van der Waals surface area contributed by atoms with Gasteiger partial charge in [0, 0.05) is 12.1 Å². The molecule has 2 rings (SSSR count). The quantitative estimate of drug-likeness (QED) is 0.900. The lowest BCUT2D eigenvalue weighted by Gasteiger charge is -2.20. The Balaban J connectivity index is 2.22. The fraction of sp³-hybridized carbons (Fsp3) is 0.200. The largest absolute Gasteiger partial charge is 0.496 e. The summed E-state index contributed by atoms with van der Waals surface area (Å²) in [6.45, 7) is 0.303. The molecule has 0 aliphatic rings. The highest BCUT2D eigenvalue weighted by Gasteiger charge is 2.16. The first-order valence-corrected chi connectivity index (χ1v) is 6.00. The van der Waals surface area contributed by atoms with Crippen LogP contribution in [0.4, 0.5) is 4.39 Å². The number of para-hydroxylation sites is 1. The van der Waals surface area contributed by atoms with Crippen LogP contribution in [-0.2, 0) is 0 Å². The Labute approximate surface area is 111 Å². The molecular weight excluding hydrogens is 245 g/mol. The number of hydrogen-bond acceptors (Lipinski definition) is 3. The van der Waals surface area contributed by atoms with Crippen LogP contribution in [0.2, 0.25) is 0 Å². The van der Waals surface area contributed by atoms with E-state index in [4.69, 9.17) is 15.2 Å². The number of halogens is 1. The molecule has 0 saturated heterocycles. The van der Waals surface area contributed by atoms with Crippen molar-refractivity contribution in [3.05, 3.63) is 59.9 Å². The Morgan fingerprint density at radius 1 is 1.11 bits per heavy atom. The van der Waals surface area contributed by atoms with Crippen molar-refractivity contribution < 1.29 is 13.9 Å². The Bertz CT molecular complexity index is 528. The second-order valence-electron chi connectivity index (χ2n) is 4.04. The van der Waals surface area contributed by atoms with E-state index in [1.54, 1.807) is 19.2 Å². The molecule has 4 heteroatoms. The van der Waals surface area contributed by atoms with E-state index in [-0.39, 0.29) is 11.9 Å². The Morgan fingerprint density at radius 3 is 2.42 bits per heavy atom. The third-order valence-electron chi connectivity index (χ3n) is 2.79. The minimum absolute atomic E-state index is 0.297. The SMILES string of the molecule is COc1ccccc1C(CN)Oc1ccc(F)cc1. The number of methoxy groups -OCH3 is 1. The minimum atomic E-state index is -0.332. The van der Waals surface area contributed by atoms with Crippen molar-refractivity contribution in [3.8, 4) is 11.5 Å². The van der Waals surface area contributed by atoms with Crippen molar-refractivity contribution in [2.24, 2.45) is 5.73 Å². The van der Waals surface area contributed by atoms with Gasteiger partial charge in [0.2, 0.25) is 0 Å². The average molecular weight is 261 g/mol. The van der Waals surface area contributed by atoms with E-state index < -0.39 is 0 Å². The van der Waals surface area contributed by atoms with E-state index in [2.05, 4.69) is 0 Å². The monoisotopic (exact) mass is 261 g/mol. The van der Waals surface area contributed by atoms with Gasteiger partial charge in [-0.3, -0.25) is 0 Å². The van der Waals surface area contributed by atoms with Crippen LogP contribution in [0.1, 0.15) is 11.7 Å². The number of hydrogen-bond donors (Lipinski definition) is 1. The van der Waals surface area contributed by atoms with Crippen molar-refractivity contribution in [1.29, 1.82) is 0 Å². The summed E-state index contributed by atoms with van der Waals surface area (Å²) in [6, 6.07) is 13.4. The zero-order chi connectivity index (χ0) is 13.7. The van der Waals surface area contributed by atoms with Gasteiger partial charge >= 0.3 is 0 Å². The van der Waals surface area contributed by atoms with Crippen LogP contribution in [0.3, 0.4) is 0 Å². The molecular formula is C15H16FNO2. The van der Waals surface area contributed by atoms with E-state index in [0.29, 0.717) is 12.3 Å². The molecule has 0 bridgehead atoms. The maximum absolute atomic E-state index is 12.8. The van der Waals surface area contributed by atoms with Gasteiger partial charge in [-0.05, 0) is 30.3 Å². The molecule has 0 amide bonds. The van der Waals surface area contributed by atoms with Crippen LogP contribution in [0.5, 0.6) is 11.5 Å². The third kappa shape index (κ3) is 3.23. The van der Waals surface area contributed by atoms with Crippen molar-refractivity contribution in [2.45, 2.75) is 6.10 Å². The van der Waals surface area contributed by atoms with Gasteiger partial charge in [-0.25, -0.2) is 4.39 Å². The highest BCUT2D eigenvalue weighted by atomic mass is 19.1. The van der Waals surface area contributed by atoms with Crippen molar-refractivity contribution >= 4 is 0 Å². The molecule has 1 atom stereocenters. The predicted molar refractivity (Wildman–Crippen MR) is 71.8 cm³/mol. The average Bonchev–Trinajstić information content (AvgIpc) is 2.46. The van der Waals surface area contributed by atoms with Crippen LogP contribution in [-0.4, -0.2) is 13.7 Å². The molecule has 2 aromatic rings. The molecule has 0 aliphatic carbocycles. The van der Waals surface area contributed by atoms with Gasteiger partial charge in [-0.1, -0.05) is 18.2 Å². The highest BCUT2D eigenvalue weighted by molar-refractivity contribution is 5.36. The normalized spacial score (nSPS) is 11.9. The zero-order valence-corrected chi connectivity index (χ0v) is 10.7. The Morgan fingerprint density at radius 2 is 1.79 bits per heavy atom. The maximum Gasteiger partial charge on any atom is 0.139 e. The van der Waals surface area contributed by atoms with Crippen molar-refractivity contribution in [1.82, 2.24) is 0 Å². The fourth-order valence-corrected chi connectivity index (χ4v) is 1.85. The fourth-order valence-electron chi connectivity index (χ4n) is 1.85. The second kappa shape index (κ2) is 6.20. The number of benzene rings is 2. The Hall–Kier alpha value is -2.07. The third-order valence-corrected chi connectivity index (χ3v) is 2.79. The molecule has 0 heterocycles. The van der Waals surface area contributed by atoms with E-state index in [9.17, 15) is 4.39 Å². The number of nitrogens with two attached hydrogens (primary N) is 1. The minimum Gasteiger partial charge on any atom is -0.496 e. The smallest absolute Gasteiger partial charge is 0.139 e. The second-order valence-corrected chi connectivity index (χ2v) is 4.04. The molecule has 0 fully saturated rings. The van der Waals surface area contributed by atoms with Crippen LogP contribution in [0.25, 0.3) is 0 Å². The van der Waals surface area contributed by atoms with Crippen molar-refractivity contribution in [3.63, 3.8) is 0 Å². The molecule has 100 valence electrons. The van der Waals surface area contributed by atoms with Gasteiger partial charge in [0.05, 0.1) is 7.11 Å². The summed E-state index contributed by atoms with van der Waals surface area (Å²) in [5.74, 6) is 0.997. The molecule has 0 aliphatic heterocycles. The molecule has 0 radical (unpaired) electrons.